The minimum absolute atomic E-state index is 0.141. The van der Waals surface area contributed by atoms with Crippen LogP contribution in [0.5, 0.6) is 0 Å². The number of nitrogens with one attached hydrogen (secondary N) is 1. The first-order valence-corrected chi connectivity index (χ1v) is 7.83. The summed E-state index contributed by atoms with van der Waals surface area (Å²) in [4.78, 5) is 12.0. The Bertz CT molecular complexity index is 645. The van der Waals surface area contributed by atoms with E-state index in [1.165, 1.54) is 0 Å². The maximum Gasteiger partial charge on any atom is 0.223 e. The second-order valence-corrected chi connectivity index (χ2v) is 5.63. The average Bonchev–Trinajstić information content (AvgIpc) is 3.05. The summed E-state index contributed by atoms with van der Waals surface area (Å²) >= 11 is 0. The minimum atomic E-state index is 0.141. The van der Waals surface area contributed by atoms with Crippen LogP contribution in [0.4, 0.5) is 0 Å². The van der Waals surface area contributed by atoms with Crippen LogP contribution >= 0.6 is 0 Å². The summed E-state index contributed by atoms with van der Waals surface area (Å²) < 4.78 is 1.88. The third-order valence-electron chi connectivity index (χ3n) is 4.02. The van der Waals surface area contributed by atoms with Crippen molar-refractivity contribution in [1.29, 1.82) is 0 Å². The van der Waals surface area contributed by atoms with Crippen LogP contribution in [-0.4, -0.2) is 22.2 Å². The molecule has 0 saturated carbocycles. The number of hydrogen-bond donors (Lipinski definition) is 1. The first kappa shape index (κ1) is 14.6. The molecular weight excluding hydrogens is 274 g/mol. The summed E-state index contributed by atoms with van der Waals surface area (Å²) in [7, 11) is 0. The third kappa shape index (κ3) is 3.64. The maximum absolute atomic E-state index is 12.0. The van der Waals surface area contributed by atoms with E-state index >= 15 is 0 Å². The van der Waals surface area contributed by atoms with Crippen molar-refractivity contribution in [1.82, 2.24) is 15.1 Å². The number of benzene rings is 1. The van der Waals surface area contributed by atoms with E-state index in [2.05, 4.69) is 34.7 Å². The first-order chi connectivity index (χ1) is 10.8. The molecule has 1 aliphatic rings. The number of carbonyl (C=O) groups is 1. The molecule has 22 heavy (non-hydrogen) atoms. The van der Waals surface area contributed by atoms with E-state index in [0.29, 0.717) is 13.1 Å². The van der Waals surface area contributed by atoms with E-state index in [9.17, 15) is 4.79 Å². The number of amides is 1. The van der Waals surface area contributed by atoms with E-state index in [1.807, 2.05) is 35.3 Å². The van der Waals surface area contributed by atoms with Gasteiger partial charge in [-0.05, 0) is 24.8 Å². The van der Waals surface area contributed by atoms with E-state index in [1.54, 1.807) is 0 Å². The fourth-order valence-corrected chi connectivity index (χ4v) is 2.74. The lowest BCUT2D eigenvalue weighted by atomic mass is 9.94. The fraction of sp³-hybridized carbons (Fsp3) is 0.333. The van der Waals surface area contributed by atoms with Crippen molar-refractivity contribution in [2.75, 3.05) is 6.54 Å². The zero-order chi connectivity index (χ0) is 15.2. The molecular formula is C18H21N3O. The van der Waals surface area contributed by atoms with Crippen molar-refractivity contribution >= 4 is 5.91 Å². The summed E-state index contributed by atoms with van der Waals surface area (Å²) in [6, 6.07) is 10.2. The fourth-order valence-electron chi connectivity index (χ4n) is 2.74. The smallest absolute Gasteiger partial charge is 0.223 e. The Morgan fingerprint density at radius 3 is 2.86 bits per heavy atom. The van der Waals surface area contributed by atoms with Gasteiger partial charge in [0.25, 0.3) is 0 Å². The Kier molecular flexibility index (Phi) is 4.68. The van der Waals surface area contributed by atoms with E-state index < -0.39 is 0 Å². The second kappa shape index (κ2) is 7.07. The molecule has 1 N–H and O–H groups in total. The number of carbonyl (C=O) groups excluding carboxylic acids is 1. The van der Waals surface area contributed by atoms with Crippen molar-refractivity contribution < 1.29 is 4.79 Å². The minimum Gasteiger partial charge on any atom is -0.354 e. The van der Waals surface area contributed by atoms with Gasteiger partial charge in [0.2, 0.25) is 5.91 Å². The predicted octanol–water partition coefficient (Wildman–Crippen LogP) is 3.02. The van der Waals surface area contributed by atoms with Crippen LogP contribution in [0.15, 0.2) is 54.9 Å². The van der Waals surface area contributed by atoms with Gasteiger partial charge < -0.3 is 5.32 Å². The van der Waals surface area contributed by atoms with Gasteiger partial charge in [-0.25, -0.2) is 0 Å². The molecule has 0 fully saturated rings. The Labute approximate surface area is 130 Å². The second-order valence-electron chi connectivity index (χ2n) is 5.63. The largest absolute Gasteiger partial charge is 0.354 e. The van der Waals surface area contributed by atoms with Crippen LogP contribution in [0.2, 0.25) is 0 Å². The molecule has 4 heteroatoms. The molecule has 0 aliphatic heterocycles. The molecule has 0 saturated heterocycles. The molecule has 1 aliphatic carbocycles. The summed E-state index contributed by atoms with van der Waals surface area (Å²) in [6.07, 6.45) is 11.0. The van der Waals surface area contributed by atoms with Crippen LogP contribution in [0.3, 0.4) is 0 Å². The highest BCUT2D eigenvalue weighted by Crippen LogP contribution is 2.18. The molecule has 1 aromatic heterocycles. The van der Waals surface area contributed by atoms with Gasteiger partial charge in [-0.15, -0.1) is 0 Å². The summed E-state index contributed by atoms with van der Waals surface area (Å²) in [5.74, 6) is 0.308. The normalized spacial score (nSPS) is 17.4. The summed E-state index contributed by atoms with van der Waals surface area (Å²) in [6.45, 7) is 1.32. The molecule has 114 valence electrons. The molecule has 3 rings (SSSR count). The highest BCUT2D eigenvalue weighted by molar-refractivity contribution is 5.78. The van der Waals surface area contributed by atoms with E-state index in [-0.39, 0.29) is 11.8 Å². The lowest BCUT2D eigenvalue weighted by molar-refractivity contribution is -0.125. The van der Waals surface area contributed by atoms with Crippen LogP contribution in [0, 0.1) is 5.92 Å². The lowest BCUT2D eigenvalue weighted by Gasteiger charge is -2.17. The lowest BCUT2D eigenvalue weighted by Crippen LogP contribution is -2.33. The SMILES string of the molecule is O=C(NCCn1cc(-c2ccccc2)cn1)[C@@H]1CC=CCC1. The highest BCUT2D eigenvalue weighted by atomic mass is 16.1. The molecule has 0 radical (unpaired) electrons. The molecule has 2 aromatic rings. The highest BCUT2D eigenvalue weighted by Gasteiger charge is 2.17. The van der Waals surface area contributed by atoms with E-state index in [0.717, 1.165) is 30.4 Å². The summed E-state index contributed by atoms with van der Waals surface area (Å²) in [5, 5.41) is 7.37. The Hall–Kier alpha value is -2.36. The van der Waals surface area contributed by atoms with Crippen LogP contribution in [-0.2, 0) is 11.3 Å². The van der Waals surface area contributed by atoms with Gasteiger partial charge in [-0.3, -0.25) is 9.48 Å². The Morgan fingerprint density at radius 1 is 1.23 bits per heavy atom. The van der Waals surface area contributed by atoms with Crippen molar-refractivity contribution in [2.45, 2.75) is 25.8 Å². The molecule has 1 amide bonds. The molecule has 1 aromatic carbocycles. The van der Waals surface area contributed by atoms with Gasteiger partial charge in [-0.2, -0.15) is 5.10 Å². The zero-order valence-electron chi connectivity index (χ0n) is 12.6. The monoisotopic (exact) mass is 295 g/mol. The van der Waals surface area contributed by atoms with Gasteiger partial charge in [0, 0.05) is 24.2 Å². The number of aromatic nitrogens is 2. The number of hydrogen-bond acceptors (Lipinski definition) is 2. The van der Waals surface area contributed by atoms with Gasteiger partial charge >= 0.3 is 0 Å². The molecule has 1 atom stereocenters. The number of rotatable bonds is 5. The predicted molar refractivity (Wildman–Crippen MR) is 87.2 cm³/mol. The average molecular weight is 295 g/mol. The molecule has 0 unspecified atom stereocenters. The van der Waals surface area contributed by atoms with Gasteiger partial charge in [-0.1, -0.05) is 42.5 Å². The van der Waals surface area contributed by atoms with Crippen molar-refractivity contribution in [3.8, 4) is 11.1 Å². The quantitative estimate of drug-likeness (QED) is 0.862. The van der Waals surface area contributed by atoms with Crippen LogP contribution in [0.25, 0.3) is 11.1 Å². The molecule has 1 heterocycles. The third-order valence-corrected chi connectivity index (χ3v) is 4.02. The molecule has 0 spiro atoms. The number of allylic oxidation sites excluding steroid dienone is 2. The standard InChI is InChI=1S/C18H21N3O/c22-18(16-9-5-2-6-10-16)19-11-12-21-14-17(13-20-21)15-7-3-1-4-8-15/h1-5,7-8,13-14,16H,6,9-12H2,(H,19,22)/t16-/m1/s1. The number of nitrogens with zero attached hydrogens (tertiary/aromatic N) is 2. The first-order valence-electron chi connectivity index (χ1n) is 7.83. The molecule has 0 bridgehead atoms. The van der Waals surface area contributed by atoms with E-state index in [4.69, 9.17) is 0 Å². The van der Waals surface area contributed by atoms with Crippen LogP contribution < -0.4 is 5.32 Å². The topological polar surface area (TPSA) is 46.9 Å². The van der Waals surface area contributed by atoms with Gasteiger partial charge in [0.15, 0.2) is 0 Å². The summed E-state index contributed by atoms with van der Waals surface area (Å²) in [5.41, 5.74) is 2.26. The Morgan fingerprint density at radius 2 is 2.09 bits per heavy atom. The van der Waals surface area contributed by atoms with Crippen molar-refractivity contribution in [2.24, 2.45) is 5.92 Å². The van der Waals surface area contributed by atoms with Crippen LogP contribution in [0.1, 0.15) is 19.3 Å². The van der Waals surface area contributed by atoms with Gasteiger partial charge in [0.05, 0.1) is 12.7 Å². The molecule has 4 nitrogen and oxygen atoms in total. The van der Waals surface area contributed by atoms with Gasteiger partial charge in [0.1, 0.15) is 0 Å². The Balaban J connectivity index is 1.49. The maximum atomic E-state index is 12.0. The van der Waals surface area contributed by atoms with Crippen molar-refractivity contribution in [3.05, 3.63) is 54.9 Å². The van der Waals surface area contributed by atoms with Crippen molar-refractivity contribution in [3.63, 3.8) is 0 Å². The zero-order valence-corrected chi connectivity index (χ0v) is 12.6.